The highest BCUT2D eigenvalue weighted by Gasteiger charge is 2.44. The van der Waals surface area contributed by atoms with Crippen LogP contribution in [0.25, 0.3) is 0 Å². The number of amides is 2. The molecular formula is C16H19N5O2S. The van der Waals surface area contributed by atoms with E-state index in [0.29, 0.717) is 28.8 Å². The van der Waals surface area contributed by atoms with Gasteiger partial charge in [0.25, 0.3) is 11.8 Å². The lowest BCUT2D eigenvalue weighted by Gasteiger charge is -2.21. The fourth-order valence-electron chi connectivity index (χ4n) is 3.88. The van der Waals surface area contributed by atoms with Crippen molar-refractivity contribution in [2.45, 2.75) is 18.9 Å². The van der Waals surface area contributed by atoms with E-state index in [2.05, 4.69) is 14.8 Å². The van der Waals surface area contributed by atoms with Gasteiger partial charge in [-0.3, -0.25) is 14.3 Å². The van der Waals surface area contributed by atoms with Crippen molar-refractivity contribution in [3.63, 3.8) is 0 Å². The summed E-state index contributed by atoms with van der Waals surface area (Å²) in [6.45, 7) is 1.49. The van der Waals surface area contributed by atoms with E-state index in [9.17, 15) is 9.59 Å². The predicted molar refractivity (Wildman–Crippen MR) is 88.7 cm³/mol. The number of likely N-dealkylation sites (tertiary alicyclic amines) is 1. The van der Waals surface area contributed by atoms with Gasteiger partial charge in [0.1, 0.15) is 4.88 Å². The Kier molecular flexibility index (Phi) is 3.84. The number of hydrogen-bond donors (Lipinski definition) is 1. The van der Waals surface area contributed by atoms with Crippen LogP contribution in [-0.2, 0) is 7.05 Å². The molecule has 7 nitrogen and oxygen atoms in total. The van der Waals surface area contributed by atoms with E-state index in [1.54, 1.807) is 36.4 Å². The Bertz CT molecular complexity index is 756. The summed E-state index contributed by atoms with van der Waals surface area (Å²) in [7, 11) is 1.79. The average Bonchev–Trinajstić information content (AvgIpc) is 3.32. The van der Waals surface area contributed by atoms with Crippen LogP contribution in [0.5, 0.6) is 0 Å². The first-order valence-electron chi connectivity index (χ1n) is 8.11. The van der Waals surface area contributed by atoms with Crippen molar-refractivity contribution in [1.29, 1.82) is 0 Å². The molecule has 1 saturated carbocycles. The molecule has 126 valence electrons. The third-order valence-corrected chi connectivity index (χ3v) is 5.81. The number of aryl methyl sites for hydroxylation is 1. The van der Waals surface area contributed by atoms with E-state index in [4.69, 9.17) is 0 Å². The number of rotatable bonds is 3. The van der Waals surface area contributed by atoms with Crippen LogP contribution in [0.3, 0.4) is 0 Å². The Balaban J connectivity index is 1.41. The minimum atomic E-state index is -0.0824. The van der Waals surface area contributed by atoms with E-state index >= 15 is 0 Å². The van der Waals surface area contributed by atoms with Gasteiger partial charge in [-0.2, -0.15) is 5.10 Å². The Labute approximate surface area is 143 Å². The second-order valence-electron chi connectivity index (χ2n) is 6.57. The highest BCUT2D eigenvalue weighted by atomic mass is 32.1. The summed E-state index contributed by atoms with van der Waals surface area (Å²) < 4.78 is 5.63. The number of hydrogen-bond acceptors (Lipinski definition) is 5. The summed E-state index contributed by atoms with van der Waals surface area (Å²) in [5.74, 6) is 0.786. The van der Waals surface area contributed by atoms with Crippen LogP contribution in [0.15, 0.2) is 24.7 Å². The van der Waals surface area contributed by atoms with Crippen molar-refractivity contribution in [3.8, 4) is 0 Å². The minimum Gasteiger partial charge on any atom is -0.349 e. The van der Waals surface area contributed by atoms with Gasteiger partial charge >= 0.3 is 0 Å². The standard InChI is InChI=1S/C16H19N5O2S/c1-20-7-11(6-17-20)15(22)19-13-3-2-10-8-21(9-12(10)13)16(23)14-4-5-18-24-14/h4-7,10,12-13H,2-3,8-9H2,1H3,(H,19,22). The van der Waals surface area contributed by atoms with Gasteiger partial charge in [0, 0.05) is 44.5 Å². The van der Waals surface area contributed by atoms with Gasteiger partial charge < -0.3 is 10.2 Å². The fourth-order valence-corrected chi connectivity index (χ4v) is 4.45. The van der Waals surface area contributed by atoms with Crippen LogP contribution in [0, 0.1) is 11.8 Å². The molecular weight excluding hydrogens is 326 g/mol. The summed E-state index contributed by atoms with van der Waals surface area (Å²) in [5, 5.41) is 7.17. The van der Waals surface area contributed by atoms with Crippen LogP contribution < -0.4 is 5.32 Å². The highest BCUT2D eigenvalue weighted by Crippen LogP contribution is 2.38. The second-order valence-corrected chi connectivity index (χ2v) is 7.40. The van der Waals surface area contributed by atoms with Crippen LogP contribution in [0.4, 0.5) is 0 Å². The van der Waals surface area contributed by atoms with Crippen molar-refractivity contribution >= 4 is 23.3 Å². The lowest BCUT2D eigenvalue weighted by molar-refractivity contribution is 0.0782. The maximum atomic E-state index is 12.5. The molecule has 2 aromatic heterocycles. The Morgan fingerprint density at radius 3 is 2.92 bits per heavy atom. The molecule has 8 heteroatoms. The molecule has 4 rings (SSSR count). The van der Waals surface area contributed by atoms with E-state index < -0.39 is 0 Å². The van der Waals surface area contributed by atoms with Crippen LogP contribution in [0.1, 0.15) is 32.9 Å². The zero-order chi connectivity index (χ0) is 16.7. The van der Waals surface area contributed by atoms with Crippen molar-refractivity contribution in [3.05, 3.63) is 35.1 Å². The zero-order valence-corrected chi connectivity index (χ0v) is 14.2. The number of carbonyl (C=O) groups excluding carboxylic acids is 2. The first-order valence-corrected chi connectivity index (χ1v) is 8.88. The number of fused-ring (bicyclic) bond motifs is 1. The normalized spacial score (nSPS) is 25.7. The van der Waals surface area contributed by atoms with Gasteiger partial charge in [-0.1, -0.05) is 0 Å². The molecule has 3 unspecified atom stereocenters. The molecule has 0 aromatic carbocycles. The van der Waals surface area contributed by atoms with Crippen LogP contribution >= 0.6 is 11.5 Å². The van der Waals surface area contributed by atoms with Crippen molar-refractivity contribution in [2.75, 3.05) is 13.1 Å². The third kappa shape index (κ3) is 2.71. The number of carbonyl (C=O) groups is 2. The molecule has 2 fully saturated rings. The number of nitrogens with zero attached hydrogens (tertiary/aromatic N) is 4. The molecule has 1 aliphatic carbocycles. The first kappa shape index (κ1) is 15.3. The predicted octanol–water partition coefficient (Wildman–Crippen LogP) is 1.16. The number of nitrogens with one attached hydrogen (secondary N) is 1. The smallest absolute Gasteiger partial charge is 0.265 e. The molecule has 1 N–H and O–H groups in total. The highest BCUT2D eigenvalue weighted by molar-refractivity contribution is 7.08. The maximum absolute atomic E-state index is 12.5. The minimum absolute atomic E-state index is 0.0595. The molecule has 2 aromatic rings. The Hall–Kier alpha value is -2.22. The molecule has 2 amide bonds. The third-order valence-electron chi connectivity index (χ3n) is 5.08. The van der Waals surface area contributed by atoms with Gasteiger partial charge in [-0.05, 0) is 36.4 Å². The monoisotopic (exact) mass is 345 g/mol. The number of aromatic nitrogens is 3. The molecule has 1 aliphatic heterocycles. The lowest BCUT2D eigenvalue weighted by atomic mass is 9.97. The van der Waals surface area contributed by atoms with E-state index in [1.165, 1.54) is 11.5 Å². The first-order chi connectivity index (χ1) is 11.6. The van der Waals surface area contributed by atoms with Gasteiger partial charge in [0.15, 0.2) is 0 Å². The summed E-state index contributed by atoms with van der Waals surface area (Å²) in [4.78, 5) is 27.4. The molecule has 0 bridgehead atoms. The van der Waals surface area contributed by atoms with Crippen LogP contribution in [-0.4, -0.2) is 50.0 Å². The van der Waals surface area contributed by atoms with Gasteiger partial charge in [0.05, 0.1) is 11.8 Å². The SMILES string of the molecule is Cn1cc(C(=O)NC2CCC3CN(C(=O)c4ccns4)CC32)cn1. The van der Waals surface area contributed by atoms with Crippen LogP contribution in [0.2, 0.25) is 0 Å². The van der Waals surface area contributed by atoms with Crippen molar-refractivity contribution in [2.24, 2.45) is 18.9 Å². The molecule has 2 aliphatic rings. The molecule has 1 saturated heterocycles. The Morgan fingerprint density at radius 1 is 1.33 bits per heavy atom. The second kappa shape index (κ2) is 6.01. The zero-order valence-electron chi connectivity index (χ0n) is 13.4. The quantitative estimate of drug-likeness (QED) is 0.905. The molecule has 0 spiro atoms. The fraction of sp³-hybridized carbons (Fsp3) is 0.500. The van der Waals surface area contributed by atoms with Crippen molar-refractivity contribution in [1.82, 2.24) is 24.4 Å². The molecule has 24 heavy (non-hydrogen) atoms. The van der Waals surface area contributed by atoms with E-state index in [-0.39, 0.29) is 17.9 Å². The summed E-state index contributed by atoms with van der Waals surface area (Å²) in [5.41, 5.74) is 0.580. The topological polar surface area (TPSA) is 80.1 Å². The van der Waals surface area contributed by atoms with E-state index in [1.807, 2.05) is 4.90 Å². The largest absolute Gasteiger partial charge is 0.349 e. The average molecular weight is 345 g/mol. The summed E-state index contributed by atoms with van der Waals surface area (Å²) in [6, 6.07) is 1.89. The van der Waals surface area contributed by atoms with Crippen molar-refractivity contribution < 1.29 is 9.59 Å². The Morgan fingerprint density at radius 2 is 2.21 bits per heavy atom. The van der Waals surface area contributed by atoms with Gasteiger partial charge in [-0.25, -0.2) is 4.37 Å². The molecule has 3 heterocycles. The maximum Gasteiger partial charge on any atom is 0.265 e. The molecule has 0 radical (unpaired) electrons. The molecule has 3 atom stereocenters. The van der Waals surface area contributed by atoms with Gasteiger partial charge in [-0.15, -0.1) is 0 Å². The summed E-state index contributed by atoms with van der Waals surface area (Å²) >= 11 is 1.24. The summed E-state index contributed by atoms with van der Waals surface area (Å²) in [6.07, 6.45) is 6.98. The lowest BCUT2D eigenvalue weighted by Crippen LogP contribution is -2.40. The van der Waals surface area contributed by atoms with Gasteiger partial charge in [0.2, 0.25) is 0 Å². The van der Waals surface area contributed by atoms with E-state index in [0.717, 1.165) is 19.4 Å².